The number of anilines is 2. The third kappa shape index (κ3) is 5.51. The van der Waals surface area contributed by atoms with Gasteiger partial charge in [0.25, 0.3) is 5.91 Å². The van der Waals surface area contributed by atoms with Crippen LogP contribution in [0.4, 0.5) is 11.4 Å². The largest absolute Gasteiger partial charge is 0.378 e. The van der Waals surface area contributed by atoms with Crippen LogP contribution in [0.25, 0.3) is 0 Å². The van der Waals surface area contributed by atoms with Crippen molar-refractivity contribution in [3.63, 3.8) is 0 Å². The van der Waals surface area contributed by atoms with Crippen LogP contribution in [0.15, 0.2) is 77.7 Å². The number of sulfonamides is 1. The van der Waals surface area contributed by atoms with E-state index < -0.39 is 16.1 Å². The molecule has 162 valence electrons. The van der Waals surface area contributed by atoms with Crippen molar-refractivity contribution in [2.75, 3.05) is 24.3 Å². The fourth-order valence-electron chi connectivity index (χ4n) is 3.18. The minimum absolute atomic E-state index is 0.0441. The van der Waals surface area contributed by atoms with Gasteiger partial charge < -0.3 is 10.2 Å². The lowest BCUT2D eigenvalue weighted by Gasteiger charge is -2.16. The van der Waals surface area contributed by atoms with E-state index in [9.17, 15) is 13.2 Å². The lowest BCUT2D eigenvalue weighted by atomic mass is 10.1. The molecule has 1 amide bonds. The molecular weight excluding hydrogens is 410 g/mol. The molecule has 0 fully saturated rings. The summed E-state index contributed by atoms with van der Waals surface area (Å²) < 4.78 is 28.4. The second-order valence-electron chi connectivity index (χ2n) is 7.63. The highest BCUT2D eigenvalue weighted by Crippen LogP contribution is 2.23. The first-order valence-electron chi connectivity index (χ1n) is 9.94. The van der Waals surface area contributed by atoms with Crippen LogP contribution in [0.5, 0.6) is 0 Å². The molecule has 6 nitrogen and oxygen atoms in total. The minimum atomic E-state index is -3.80. The number of carbonyl (C=O) groups is 1. The van der Waals surface area contributed by atoms with E-state index >= 15 is 0 Å². The topological polar surface area (TPSA) is 78.5 Å². The van der Waals surface area contributed by atoms with Gasteiger partial charge in [0.15, 0.2) is 0 Å². The fraction of sp³-hybridized carbons (Fsp3) is 0.208. The smallest absolute Gasteiger partial charge is 0.255 e. The second-order valence-corrected chi connectivity index (χ2v) is 9.34. The lowest BCUT2D eigenvalue weighted by molar-refractivity contribution is 0.102. The van der Waals surface area contributed by atoms with Crippen LogP contribution in [-0.4, -0.2) is 28.4 Å². The van der Waals surface area contributed by atoms with Crippen LogP contribution in [0, 0.1) is 6.92 Å². The molecule has 0 radical (unpaired) electrons. The van der Waals surface area contributed by atoms with E-state index in [1.54, 1.807) is 19.1 Å². The first-order chi connectivity index (χ1) is 14.7. The Kier molecular flexibility index (Phi) is 6.77. The lowest BCUT2D eigenvalue weighted by Crippen LogP contribution is -2.27. The normalized spacial score (nSPS) is 12.3. The summed E-state index contributed by atoms with van der Waals surface area (Å²) in [5.74, 6) is -0.367. The van der Waals surface area contributed by atoms with E-state index in [2.05, 4.69) is 10.0 Å². The van der Waals surface area contributed by atoms with Crippen LogP contribution in [0.3, 0.4) is 0 Å². The monoisotopic (exact) mass is 437 g/mol. The molecule has 0 aliphatic rings. The van der Waals surface area contributed by atoms with Gasteiger partial charge in [0.05, 0.1) is 4.90 Å². The highest BCUT2D eigenvalue weighted by molar-refractivity contribution is 7.89. The Balaban J connectivity index is 1.78. The maximum absolute atomic E-state index is 12.9. The van der Waals surface area contributed by atoms with E-state index in [0.29, 0.717) is 5.69 Å². The zero-order valence-corrected chi connectivity index (χ0v) is 18.9. The third-order valence-electron chi connectivity index (χ3n) is 5.01. The molecule has 3 aromatic carbocycles. The van der Waals surface area contributed by atoms with Crippen molar-refractivity contribution in [1.82, 2.24) is 4.72 Å². The molecule has 7 heteroatoms. The fourth-order valence-corrected chi connectivity index (χ4v) is 4.45. The maximum Gasteiger partial charge on any atom is 0.255 e. The summed E-state index contributed by atoms with van der Waals surface area (Å²) in [5, 5.41) is 2.87. The van der Waals surface area contributed by atoms with Crippen molar-refractivity contribution in [2.45, 2.75) is 24.8 Å². The van der Waals surface area contributed by atoms with E-state index in [1.165, 1.54) is 12.1 Å². The quantitative estimate of drug-likeness (QED) is 0.576. The summed E-state index contributed by atoms with van der Waals surface area (Å²) in [7, 11) is 0.105. The van der Waals surface area contributed by atoms with Crippen LogP contribution < -0.4 is 14.9 Å². The van der Waals surface area contributed by atoms with Gasteiger partial charge in [-0.25, -0.2) is 13.1 Å². The van der Waals surface area contributed by atoms with Gasteiger partial charge in [-0.15, -0.1) is 0 Å². The number of amides is 1. The standard InChI is InChI=1S/C24H27N3O3S/c1-17-15-21(27(3)4)13-14-23(17)25-24(28)20-11-8-12-22(16-20)31(29,30)26-18(2)19-9-6-5-7-10-19/h5-16,18,26H,1-4H3,(H,25,28). The van der Waals surface area contributed by atoms with Crippen molar-refractivity contribution in [3.05, 3.63) is 89.5 Å². The van der Waals surface area contributed by atoms with Crippen LogP contribution >= 0.6 is 0 Å². The number of nitrogens with zero attached hydrogens (tertiary/aromatic N) is 1. The Morgan fingerprint density at radius 3 is 2.29 bits per heavy atom. The molecule has 3 rings (SSSR count). The summed E-state index contributed by atoms with van der Waals surface area (Å²) >= 11 is 0. The zero-order valence-electron chi connectivity index (χ0n) is 18.1. The minimum Gasteiger partial charge on any atom is -0.378 e. The summed E-state index contributed by atoms with van der Waals surface area (Å²) in [5.41, 5.74) is 3.76. The first-order valence-corrected chi connectivity index (χ1v) is 11.4. The van der Waals surface area contributed by atoms with Gasteiger partial charge in [-0.2, -0.15) is 0 Å². The van der Waals surface area contributed by atoms with Crippen LogP contribution in [-0.2, 0) is 10.0 Å². The molecule has 0 saturated heterocycles. The Morgan fingerprint density at radius 2 is 1.65 bits per heavy atom. The number of hydrogen-bond donors (Lipinski definition) is 2. The molecule has 31 heavy (non-hydrogen) atoms. The van der Waals surface area contributed by atoms with E-state index in [4.69, 9.17) is 0 Å². The first kappa shape index (κ1) is 22.5. The van der Waals surface area contributed by atoms with Crippen molar-refractivity contribution >= 4 is 27.3 Å². The van der Waals surface area contributed by atoms with E-state index in [-0.39, 0.29) is 16.4 Å². The number of hydrogen-bond acceptors (Lipinski definition) is 4. The Labute approximate surface area is 184 Å². The summed E-state index contributed by atoms with van der Waals surface area (Å²) in [6, 6.07) is 20.7. The summed E-state index contributed by atoms with van der Waals surface area (Å²) in [6.45, 7) is 3.70. The molecule has 0 aliphatic heterocycles. The number of nitrogens with one attached hydrogen (secondary N) is 2. The molecule has 2 N–H and O–H groups in total. The van der Waals surface area contributed by atoms with Crippen LogP contribution in [0.2, 0.25) is 0 Å². The number of benzene rings is 3. The molecule has 3 aromatic rings. The van der Waals surface area contributed by atoms with Crippen molar-refractivity contribution in [3.8, 4) is 0 Å². The Morgan fingerprint density at radius 1 is 0.935 bits per heavy atom. The summed E-state index contributed by atoms with van der Waals surface area (Å²) in [6.07, 6.45) is 0. The predicted molar refractivity (Wildman–Crippen MR) is 125 cm³/mol. The highest BCUT2D eigenvalue weighted by Gasteiger charge is 2.20. The zero-order chi connectivity index (χ0) is 22.6. The molecule has 0 aromatic heterocycles. The maximum atomic E-state index is 12.9. The molecule has 1 atom stereocenters. The van der Waals surface area contributed by atoms with E-state index in [1.807, 2.05) is 74.4 Å². The van der Waals surface area contributed by atoms with Gasteiger partial charge in [-0.1, -0.05) is 36.4 Å². The average molecular weight is 438 g/mol. The molecule has 0 spiro atoms. The number of carbonyl (C=O) groups excluding carboxylic acids is 1. The van der Waals surface area contributed by atoms with Gasteiger partial charge in [-0.05, 0) is 61.4 Å². The molecule has 0 bridgehead atoms. The van der Waals surface area contributed by atoms with E-state index in [0.717, 1.165) is 16.8 Å². The predicted octanol–water partition coefficient (Wildman–Crippen LogP) is 4.35. The molecule has 0 aliphatic carbocycles. The van der Waals surface area contributed by atoms with Gasteiger partial charge in [0.2, 0.25) is 10.0 Å². The van der Waals surface area contributed by atoms with Crippen molar-refractivity contribution in [2.24, 2.45) is 0 Å². The second kappa shape index (κ2) is 9.32. The SMILES string of the molecule is Cc1cc(N(C)C)ccc1NC(=O)c1cccc(S(=O)(=O)NC(C)c2ccccc2)c1. The summed E-state index contributed by atoms with van der Waals surface area (Å²) in [4.78, 5) is 14.8. The van der Waals surface area contributed by atoms with Gasteiger partial charge in [-0.3, -0.25) is 4.79 Å². The third-order valence-corrected chi connectivity index (χ3v) is 6.55. The highest BCUT2D eigenvalue weighted by atomic mass is 32.2. The van der Waals surface area contributed by atoms with Crippen LogP contribution in [0.1, 0.15) is 34.5 Å². The molecular formula is C24H27N3O3S. The van der Waals surface area contributed by atoms with Gasteiger partial charge in [0, 0.05) is 37.1 Å². The number of aryl methyl sites for hydroxylation is 1. The Bertz CT molecular complexity index is 1180. The van der Waals surface area contributed by atoms with Crippen molar-refractivity contribution < 1.29 is 13.2 Å². The van der Waals surface area contributed by atoms with Gasteiger partial charge >= 0.3 is 0 Å². The van der Waals surface area contributed by atoms with Crippen molar-refractivity contribution in [1.29, 1.82) is 0 Å². The van der Waals surface area contributed by atoms with Gasteiger partial charge in [0.1, 0.15) is 0 Å². The molecule has 0 heterocycles. The molecule has 0 saturated carbocycles. The average Bonchev–Trinajstić information content (AvgIpc) is 2.75. The Hall–Kier alpha value is -3.16. The number of rotatable bonds is 7. The molecule has 1 unspecified atom stereocenters.